The van der Waals surface area contributed by atoms with Gasteiger partial charge in [-0.05, 0) is 37.3 Å². The quantitative estimate of drug-likeness (QED) is 0.681. The monoisotopic (exact) mass is 209 g/mol. The molecule has 1 nitrogen and oxygen atoms in total. The third-order valence-corrected chi connectivity index (χ3v) is 3.59. The number of pyridine rings is 1. The topological polar surface area (TPSA) is 12.9 Å². The van der Waals surface area contributed by atoms with Crippen LogP contribution in [0.3, 0.4) is 0 Å². The minimum Gasteiger partial charge on any atom is -0.261 e. The lowest BCUT2D eigenvalue weighted by molar-refractivity contribution is 0.361. The van der Waals surface area contributed by atoms with Crippen LogP contribution < -0.4 is 0 Å². The van der Waals surface area contributed by atoms with E-state index in [1.54, 1.807) is 0 Å². The van der Waals surface area contributed by atoms with Gasteiger partial charge < -0.3 is 0 Å². The van der Waals surface area contributed by atoms with Crippen LogP contribution in [0.15, 0.2) is 24.4 Å². The molecule has 0 aromatic carbocycles. The largest absolute Gasteiger partial charge is 0.261 e. The van der Waals surface area contributed by atoms with E-state index >= 15 is 0 Å². The van der Waals surface area contributed by atoms with Gasteiger partial charge in [0, 0.05) is 17.3 Å². The SMILES string of the molecule is ClC1CCCCC1Cc1ccccn1. The summed E-state index contributed by atoms with van der Waals surface area (Å²) >= 11 is 6.30. The van der Waals surface area contributed by atoms with Crippen LogP contribution in [0.1, 0.15) is 31.4 Å². The third-order valence-electron chi connectivity index (χ3n) is 3.01. The van der Waals surface area contributed by atoms with Gasteiger partial charge in [0.05, 0.1) is 0 Å². The molecule has 1 heterocycles. The smallest absolute Gasteiger partial charge is 0.0406 e. The van der Waals surface area contributed by atoms with Crippen molar-refractivity contribution in [1.82, 2.24) is 4.98 Å². The Morgan fingerprint density at radius 3 is 2.86 bits per heavy atom. The predicted octanol–water partition coefficient (Wildman–Crippen LogP) is 3.42. The fourth-order valence-corrected chi connectivity index (χ4v) is 2.55. The van der Waals surface area contributed by atoms with E-state index in [9.17, 15) is 0 Å². The minimum atomic E-state index is 0.366. The van der Waals surface area contributed by atoms with Crippen LogP contribution in [0.4, 0.5) is 0 Å². The molecule has 0 amide bonds. The number of rotatable bonds is 2. The number of hydrogen-bond acceptors (Lipinski definition) is 1. The first-order chi connectivity index (χ1) is 6.86. The van der Waals surface area contributed by atoms with Gasteiger partial charge >= 0.3 is 0 Å². The van der Waals surface area contributed by atoms with E-state index in [1.165, 1.54) is 31.4 Å². The lowest BCUT2D eigenvalue weighted by atomic mass is 9.85. The predicted molar refractivity (Wildman–Crippen MR) is 59.5 cm³/mol. The van der Waals surface area contributed by atoms with Crippen molar-refractivity contribution < 1.29 is 0 Å². The average molecular weight is 210 g/mol. The molecule has 1 saturated carbocycles. The summed E-state index contributed by atoms with van der Waals surface area (Å²) in [6.45, 7) is 0. The number of hydrogen-bond donors (Lipinski definition) is 0. The van der Waals surface area contributed by atoms with Gasteiger partial charge in [0.2, 0.25) is 0 Å². The van der Waals surface area contributed by atoms with Crippen molar-refractivity contribution in [2.24, 2.45) is 5.92 Å². The highest BCUT2D eigenvalue weighted by Gasteiger charge is 2.23. The molecule has 1 aliphatic carbocycles. The molecule has 2 heteroatoms. The van der Waals surface area contributed by atoms with Crippen molar-refractivity contribution in [2.75, 3.05) is 0 Å². The summed E-state index contributed by atoms with van der Waals surface area (Å²) in [5.41, 5.74) is 1.19. The van der Waals surface area contributed by atoms with Gasteiger partial charge in [-0.15, -0.1) is 11.6 Å². The highest BCUT2D eigenvalue weighted by atomic mass is 35.5. The van der Waals surface area contributed by atoms with Crippen molar-refractivity contribution in [1.29, 1.82) is 0 Å². The molecule has 14 heavy (non-hydrogen) atoms. The van der Waals surface area contributed by atoms with Crippen LogP contribution in [0.5, 0.6) is 0 Å². The number of halogens is 1. The molecule has 2 unspecified atom stereocenters. The third kappa shape index (κ3) is 2.48. The molecule has 0 bridgehead atoms. The molecule has 0 aliphatic heterocycles. The van der Waals surface area contributed by atoms with Crippen molar-refractivity contribution in [2.45, 2.75) is 37.5 Å². The lowest BCUT2D eigenvalue weighted by Gasteiger charge is -2.26. The zero-order chi connectivity index (χ0) is 9.80. The maximum Gasteiger partial charge on any atom is 0.0406 e. The lowest BCUT2D eigenvalue weighted by Crippen LogP contribution is -2.22. The van der Waals surface area contributed by atoms with Gasteiger partial charge in [-0.2, -0.15) is 0 Å². The highest BCUT2D eigenvalue weighted by Crippen LogP contribution is 2.30. The van der Waals surface area contributed by atoms with Crippen molar-refractivity contribution in [3.05, 3.63) is 30.1 Å². The molecule has 0 spiro atoms. The fourth-order valence-electron chi connectivity index (χ4n) is 2.18. The molecule has 1 fully saturated rings. The van der Waals surface area contributed by atoms with Gasteiger partial charge in [-0.3, -0.25) is 4.98 Å². The van der Waals surface area contributed by atoms with E-state index in [1.807, 2.05) is 18.3 Å². The first-order valence-corrected chi connectivity index (χ1v) is 5.84. The first-order valence-electron chi connectivity index (χ1n) is 5.40. The van der Waals surface area contributed by atoms with Gasteiger partial charge in [0.1, 0.15) is 0 Å². The van der Waals surface area contributed by atoms with Crippen LogP contribution in [0.2, 0.25) is 0 Å². The van der Waals surface area contributed by atoms with E-state index in [0.717, 1.165) is 6.42 Å². The van der Waals surface area contributed by atoms with E-state index < -0.39 is 0 Å². The maximum absolute atomic E-state index is 6.30. The molecule has 2 atom stereocenters. The van der Waals surface area contributed by atoms with E-state index in [0.29, 0.717) is 11.3 Å². The van der Waals surface area contributed by atoms with Gasteiger partial charge in [-0.1, -0.05) is 18.9 Å². The zero-order valence-corrected chi connectivity index (χ0v) is 9.08. The zero-order valence-electron chi connectivity index (χ0n) is 8.32. The van der Waals surface area contributed by atoms with Crippen molar-refractivity contribution in [3.8, 4) is 0 Å². The Labute approximate surface area is 90.5 Å². The van der Waals surface area contributed by atoms with E-state index in [2.05, 4.69) is 11.1 Å². The van der Waals surface area contributed by atoms with Crippen LogP contribution in [0.25, 0.3) is 0 Å². The molecule has 0 radical (unpaired) electrons. The van der Waals surface area contributed by atoms with E-state index in [-0.39, 0.29) is 0 Å². The summed E-state index contributed by atoms with van der Waals surface area (Å²) < 4.78 is 0. The molecule has 1 aromatic rings. The van der Waals surface area contributed by atoms with Crippen molar-refractivity contribution >= 4 is 11.6 Å². The van der Waals surface area contributed by atoms with Crippen LogP contribution in [-0.4, -0.2) is 10.4 Å². The number of nitrogens with zero attached hydrogens (tertiary/aromatic N) is 1. The normalized spacial score (nSPS) is 27.5. The molecule has 2 rings (SSSR count). The van der Waals surface area contributed by atoms with Crippen molar-refractivity contribution in [3.63, 3.8) is 0 Å². The molecule has 1 aromatic heterocycles. The van der Waals surface area contributed by atoms with Crippen LogP contribution >= 0.6 is 11.6 Å². The molecular formula is C12H16ClN. The second kappa shape index (κ2) is 4.79. The highest BCUT2D eigenvalue weighted by molar-refractivity contribution is 6.20. The molecule has 0 N–H and O–H groups in total. The Morgan fingerprint density at radius 2 is 2.14 bits per heavy atom. The fraction of sp³-hybridized carbons (Fsp3) is 0.583. The Hall–Kier alpha value is -0.560. The molecule has 76 valence electrons. The van der Waals surface area contributed by atoms with Crippen LogP contribution in [-0.2, 0) is 6.42 Å². The Balaban J connectivity index is 1.96. The summed E-state index contributed by atoms with van der Waals surface area (Å²) in [6.07, 6.45) is 7.99. The first kappa shape index (κ1) is 9.97. The minimum absolute atomic E-state index is 0.366. The van der Waals surface area contributed by atoms with Gasteiger partial charge in [0.25, 0.3) is 0 Å². The molecular weight excluding hydrogens is 194 g/mol. The van der Waals surface area contributed by atoms with Crippen LogP contribution in [0, 0.1) is 5.92 Å². The summed E-state index contributed by atoms with van der Waals surface area (Å²) in [4.78, 5) is 4.35. The van der Waals surface area contributed by atoms with Gasteiger partial charge in [0.15, 0.2) is 0 Å². The Morgan fingerprint density at radius 1 is 1.29 bits per heavy atom. The Kier molecular flexibility index (Phi) is 3.41. The van der Waals surface area contributed by atoms with Gasteiger partial charge in [-0.25, -0.2) is 0 Å². The molecule has 0 saturated heterocycles. The Bertz CT molecular complexity index is 273. The second-order valence-electron chi connectivity index (χ2n) is 4.09. The summed E-state index contributed by atoms with van der Waals surface area (Å²) in [7, 11) is 0. The summed E-state index contributed by atoms with van der Waals surface area (Å²) in [5, 5.41) is 0.366. The number of alkyl halides is 1. The second-order valence-corrected chi connectivity index (χ2v) is 4.65. The number of aromatic nitrogens is 1. The summed E-state index contributed by atoms with van der Waals surface area (Å²) in [6, 6.07) is 6.11. The molecule has 1 aliphatic rings. The van der Waals surface area contributed by atoms with E-state index in [4.69, 9.17) is 11.6 Å². The summed E-state index contributed by atoms with van der Waals surface area (Å²) in [5.74, 6) is 0.639. The standard InChI is InChI=1S/C12H16ClN/c13-12-7-2-1-5-10(12)9-11-6-3-4-8-14-11/h3-4,6,8,10,12H,1-2,5,7,9H2. The average Bonchev–Trinajstić information content (AvgIpc) is 2.23. The maximum atomic E-state index is 6.30.